The van der Waals surface area contributed by atoms with Gasteiger partial charge in [0.2, 0.25) is 0 Å². The number of pyridine rings is 1. The Kier molecular flexibility index (Phi) is 5.19. The second-order valence-corrected chi connectivity index (χ2v) is 8.11. The van der Waals surface area contributed by atoms with E-state index in [0.717, 1.165) is 23.3 Å². The van der Waals surface area contributed by atoms with Gasteiger partial charge in [-0.2, -0.15) is 5.10 Å². The third kappa shape index (κ3) is 3.75. The second kappa shape index (κ2) is 8.30. The van der Waals surface area contributed by atoms with Crippen molar-refractivity contribution in [2.45, 2.75) is 25.8 Å². The molecule has 1 aromatic carbocycles. The molecule has 2 aliphatic rings. The molecule has 0 radical (unpaired) electrons. The van der Waals surface area contributed by atoms with E-state index in [1.54, 1.807) is 30.6 Å². The molecule has 0 saturated carbocycles. The number of rotatable bonds is 4. The van der Waals surface area contributed by atoms with Crippen molar-refractivity contribution in [2.75, 3.05) is 0 Å². The predicted molar refractivity (Wildman–Crippen MR) is 122 cm³/mol. The molecule has 3 aromatic rings. The second-order valence-electron chi connectivity index (χ2n) is 8.11. The monoisotopic (exact) mass is 425 g/mol. The van der Waals surface area contributed by atoms with Gasteiger partial charge in [-0.1, -0.05) is 49.4 Å². The van der Waals surface area contributed by atoms with Crippen LogP contribution in [-0.2, 0) is 0 Å². The molecule has 32 heavy (non-hydrogen) atoms. The summed E-state index contributed by atoms with van der Waals surface area (Å²) < 4.78 is 5.93. The number of para-hydroxylation sites is 1. The average molecular weight is 425 g/mol. The summed E-state index contributed by atoms with van der Waals surface area (Å²) in [5.41, 5.74) is 3.19. The van der Waals surface area contributed by atoms with Crippen molar-refractivity contribution in [2.24, 2.45) is 11.0 Å². The van der Waals surface area contributed by atoms with Gasteiger partial charge in [0.05, 0.1) is 11.8 Å². The van der Waals surface area contributed by atoms with Gasteiger partial charge >= 0.3 is 5.91 Å². The minimum atomic E-state index is -0.443. The van der Waals surface area contributed by atoms with Crippen LogP contribution in [-0.4, -0.2) is 26.7 Å². The molecular weight excluding hydrogens is 402 g/mol. The fourth-order valence-electron chi connectivity index (χ4n) is 4.05. The van der Waals surface area contributed by atoms with Gasteiger partial charge in [0, 0.05) is 35.5 Å². The number of carbonyl (C=O) groups excluding carboxylic acids is 1. The summed E-state index contributed by atoms with van der Waals surface area (Å²) in [4.78, 5) is 17.6. The lowest BCUT2D eigenvalue weighted by Crippen LogP contribution is -2.26. The number of nitrogens with zero attached hydrogens (tertiary/aromatic N) is 3. The van der Waals surface area contributed by atoms with Crippen molar-refractivity contribution in [1.82, 2.24) is 9.99 Å². The van der Waals surface area contributed by atoms with Crippen LogP contribution in [0.15, 0.2) is 88.7 Å². The number of hydrazone groups is 1. The fourth-order valence-corrected chi connectivity index (χ4v) is 4.05. The zero-order chi connectivity index (χ0) is 22.1. The average Bonchev–Trinajstić information content (AvgIpc) is 3.48. The van der Waals surface area contributed by atoms with Crippen LogP contribution >= 0.6 is 0 Å². The van der Waals surface area contributed by atoms with Gasteiger partial charge in [0.25, 0.3) is 0 Å². The molecule has 2 atom stereocenters. The zero-order valence-corrected chi connectivity index (χ0v) is 17.7. The number of phenolic OH excluding ortho intramolecular Hbond substituents is 1. The SMILES string of the molecule is CC1C=CC(c2ccc(C(=O)N3N=C(c4cccnc4)CC3c3ccccc3O)o2)=CC1. The van der Waals surface area contributed by atoms with E-state index >= 15 is 0 Å². The number of allylic oxidation sites excluding steroid dienone is 4. The van der Waals surface area contributed by atoms with Gasteiger partial charge in [0.1, 0.15) is 11.5 Å². The number of aromatic hydroxyl groups is 1. The lowest BCUT2D eigenvalue weighted by atomic mass is 9.97. The van der Waals surface area contributed by atoms with Crippen molar-refractivity contribution in [3.63, 3.8) is 0 Å². The van der Waals surface area contributed by atoms with Crippen LogP contribution in [0.3, 0.4) is 0 Å². The Balaban J connectivity index is 1.48. The first kappa shape index (κ1) is 20.0. The molecule has 0 spiro atoms. The molecular formula is C26H23N3O3. The first-order valence-corrected chi connectivity index (χ1v) is 10.7. The highest BCUT2D eigenvalue weighted by Gasteiger charge is 2.36. The Morgan fingerprint density at radius 1 is 1.16 bits per heavy atom. The van der Waals surface area contributed by atoms with Gasteiger partial charge in [-0.3, -0.25) is 9.78 Å². The van der Waals surface area contributed by atoms with Crippen LogP contribution < -0.4 is 0 Å². The highest BCUT2D eigenvalue weighted by molar-refractivity contribution is 6.04. The molecule has 2 unspecified atom stereocenters. The Bertz CT molecular complexity index is 1240. The minimum Gasteiger partial charge on any atom is -0.508 e. The zero-order valence-electron chi connectivity index (χ0n) is 17.7. The Hall–Kier alpha value is -3.93. The number of benzene rings is 1. The molecule has 1 aliphatic carbocycles. The van der Waals surface area contributed by atoms with Gasteiger partial charge in [0.15, 0.2) is 5.76 Å². The molecule has 3 heterocycles. The highest BCUT2D eigenvalue weighted by Crippen LogP contribution is 2.38. The molecule has 6 heteroatoms. The van der Waals surface area contributed by atoms with E-state index in [1.807, 2.05) is 36.4 Å². The number of aromatic nitrogens is 1. The molecule has 0 bridgehead atoms. The summed E-state index contributed by atoms with van der Waals surface area (Å²) in [5.74, 6) is 1.15. The maximum Gasteiger partial charge on any atom is 0.310 e. The summed E-state index contributed by atoms with van der Waals surface area (Å²) in [5, 5.41) is 16.5. The van der Waals surface area contributed by atoms with Crippen molar-refractivity contribution in [3.8, 4) is 5.75 Å². The number of phenols is 1. The van der Waals surface area contributed by atoms with Gasteiger partial charge in [-0.05, 0) is 36.6 Å². The van der Waals surface area contributed by atoms with Crippen molar-refractivity contribution in [3.05, 3.63) is 102 Å². The van der Waals surface area contributed by atoms with Crippen LogP contribution in [0, 0.1) is 5.92 Å². The molecule has 1 aliphatic heterocycles. The smallest absolute Gasteiger partial charge is 0.310 e. The standard InChI is InChI=1S/C26H23N3O3/c1-17-8-10-18(11-9-17)24-12-13-25(32-24)26(31)29-22(20-6-2-3-7-23(20)30)15-21(28-29)19-5-4-14-27-16-19/h2-8,10-14,16-17,22,30H,9,15H2,1H3. The molecule has 2 aromatic heterocycles. The maximum absolute atomic E-state index is 13.5. The third-order valence-corrected chi connectivity index (χ3v) is 5.82. The molecule has 5 rings (SSSR count). The van der Waals surface area contributed by atoms with Crippen LogP contribution in [0.4, 0.5) is 0 Å². The fraction of sp³-hybridized carbons (Fsp3) is 0.192. The van der Waals surface area contributed by atoms with Gasteiger partial charge in [-0.25, -0.2) is 5.01 Å². The summed E-state index contributed by atoms with van der Waals surface area (Å²) >= 11 is 0. The van der Waals surface area contributed by atoms with Crippen LogP contribution in [0.5, 0.6) is 5.75 Å². The van der Waals surface area contributed by atoms with E-state index in [1.165, 1.54) is 5.01 Å². The number of hydrogen-bond donors (Lipinski definition) is 1. The maximum atomic E-state index is 13.5. The first-order chi connectivity index (χ1) is 15.6. The lowest BCUT2D eigenvalue weighted by molar-refractivity contribution is 0.0676. The predicted octanol–water partition coefficient (Wildman–Crippen LogP) is 5.35. The summed E-state index contributed by atoms with van der Waals surface area (Å²) in [6.07, 6.45) is 11.1. The van der Waals surface area contributed by atoms with E-state index in [9.17, 15) is 9.90 Å². The van der Waals surface area contributed by atoms with E-state index < -0.39 is 6.04 Å². The number of amides is 1. The van der Waals surface area contributed by atoms with Crippen molar-refractivity contribution < 1.29 is 14.3 Å². The minimum absolute atomic E-state index is 0.129. The number of carbonyl (C=O) groups is 1. The molecule has 160 valence electrons. The molecule has 0 saturated heterocycles. The van der Waals surface area contributed by atoms with E-state index in [-0.39, 0.29) is 17.4 Å². The summed E-state index contributed by atoms with van der Waals surface area (Å²) in [6, 6.07) is 13.8. The van der Waals surface area contributed by atoms with Crippen LogP contribution in [0.1, 0.15) is 53.2 Å². The Morgan fingerprint density at radius 3 is 2.78 bits per heavy atom. The van der Waals surface area contributed by atoms with E-state index in [0.29, 0.717) is 23.7 Å². The normalized spacial score (nSPS) is 20.2. The van der Waals surface area contributed by atoms with Gasteiger partial charge < -0.3 is 9.52 Å². The largest absolute Gasteiger partial charge is 0.508 e. The molecule has 0 fully saturated rings. The Morgan fingerprint density at radius 2 is 2.03 bits per heavy atom. The lowest BCUT2D eigenvalue weighted by Gasteiger charge is -2.21. The van der Waals surface area contributed by atoms with E-state index in [4.69, 9.17) is 4.42 Å². The van der Waals surface area contributed by atoms with E-state index in [2.05, 4.69) is 29.2 Å². The molecule has 6 nitrogen and oxygen atoms in total. The Labute approximate surface area is 186 Å². The third-order valence-electron chi connectivity index (χ3n) is 5.82. The van der Waals surface area contributed by atoms with Crippen LogP contribution in [0.2, 0.25) is 0 Å². The van der Waals surface area contributed by atoms with Gasteiger partial charge in [-0.15, -0.1) is 0 Å². The number of hydrogen-bond acceptors (Lipinski definition) is 5. The number of furan rings is 1. The van der Waals surface area contributed by atoms with Crippen molar-refractivity contribution in [1.29, 1.82) is 0 Å². The molecule has 1 N–H and O–H groups in total. The quantitative estimate of drug-likeness (QED) is 0.611. The van der Waals surface area contributed by atoms with Crippen LogP contribution in [0.25, 0.3) is 5.57 Å². The summed E-state index contributed by atoms with van der Waals surface area (Å²) in [6.45, 7) is 2.16. The molecule has 1 amide bonds. The summed E-state index contributed by atoms with van der Waals surface area (Å²) in [7, 11) is 0. The van der Waals surface area contributed by atoms with Crippen molar-refractivity contribution >= 4 is 17.2 Å². The first-order valence-electron chi connectivity index (χ1n) is 10.7. The highest BCUT2D eigenvalue weighted by atomic mass is 16.4. The topological polar surface area (TPSA) is 78.9 Å².